The molecule has 0 aliphatic carbocycles. The Hall–Kier alpha value is -1.49. The van der Waals surface area contributed by atoms with E-state index in [4.69, 9.17) is 13.9 Å². The van der Waals surface area contributed by atoms with Crippen LogP contribution in [0.5, 0.6) is 11.5 Å². The summed E-state index contributed by atoms with van der Waals surface area (Å²) < 4.78 is 16.9. The van der Waals surface area contributed by atoms with E-state index < -0.39 is 9.04 Å². The topological polar surface area (TPSA) is 44.8 Å². The van der Waals surface area contributed by atoms with E-state index in [0.717, 1.165) is 22.6 Å². The van der Waals surface area contributed by atoms with Gasteiger partial charge in [-0.15, -0.1) is 0 Å². The minimum atomic E-state index is -1.30. The van der Waals surface area contributed by atoms with Gasteiger partial charge >= 0.3 is 5.97 Å². The average Bonchev–Trinajstić information content (AvgIpc) is 2.44. The van der Waals surface area contributed by atoms with Crippen molar-refractivity contribution in [1.82, 2.24) is 0 Å². The maximum Gasteiger partial charge on any atom is 0.306 e. The van der Waals surface area contributed by atoms with Gasteiger partial charge in [-0.2, -0.15) is 0 Å². The Morgan fingerprint density at radius 1 is 1.17 bits per heavy atom. The lowest BCUT2D eigenvalue weighted by Crippen LogP contribution is -2.18. The minimum Gasteiger partial charge on any atom is -0.544 e. The molecule has 0 saturated heterocycles. The van der Waals surface area contributed by atoms with Gasteiger partial charge in [-0.1, -0.05) is 32.9 Å². The smallest absolute Gasteiger partial charge is 0.306 e. The number of rotatable bonds is 7. The quantitative estimate of drug-likeness (QED) is 0.559. The standard InChI is InChI=1S/C18H30O4Si/c1-8-21-15(19)12-10-13-9-11-14(18(2,3)4)17(20-5)16(13)22-23(6)7/h9,11,23H,8,10,12H2,1-7H3. The van der Waals surface area contributed by atoms with Gasteiger partial charge in [0, 0.05) is 12.0 Å². The van der Waals surface area contributed by atoms with Gasteiger partial charge in [0.05, 0.1) is 13.7 Å². The lowest BCUT2D eigenvalue weighted by atomic mass is 9.85. The molecule has 130 valence electrons. The van der Waals surface area contributed by atoms with E-state index in [0.29, 0.717) is 19.4 Å². The first-order valence-corrected chi connectivity index (χ1v) is 11.0. The maximum absolute atomic E-state index is 11.6. The van der Waals surface area contributed by atoms with Crippen LogP contribution < -0.4 is 9.16 Å². The van der Waals surface area contributed by atoms with Crippen molar-refractivity contribution in [3.63, 3.8) is 0 Å². The van der Waals surface area contributed by atoms with E-state index in [-0.39, 0.29) is 11.4 Å². The summed E-state index contributed by atoms with van der Waals surface area (Å²) in [5, 5.41) is 0. The zero-order chi connectivity index (χ0) is 17.6. The van der Waals surface area contributed by atoms with Gasteiger partial charge in [-0.3, -0.25) is 4.79 Å². The molecule has 1 rings (SSSR count). The zero-order valence-electron chi connectivity index (χ0n) is 15.5. The Morgan fingerprint density at radius 3 is 2.30 bits per heavy atom. The third kappa shape index (κ3) is 5.57. The number of aryl methyl sites for hydroxylation is 1. The molecule has 0 bridgehead atoms. The number of carbonyl (C=O) groups excluding carboxylic acids is 1. The van der Waals surface area contributed by atoms with E-state index in [1.807, 2.05) is 6.92 Å². The highest BCUT2D eigenvalue weighted by molar-refractivity contribution is 6.49. The Bertz CT molecular complexity index is 533. The van der Waals surface area contributed by atoms with Gasteiger partial charge < -0.3 is 13.9 Å². The monoisotopic (exact) mass is 338 g/mol. The highest BCUT2D eigenvalue weighted by atomic mass is 28.3. The van der Waals surface area contributed by atoms with Crippen LogP contribution in [0.4, 0.5) is 0 Å². The van der Waals surface area contributed by atoms with Crippen LogP contribution in [0, 0.1) is 0 Å². The summed E-state index contributed by atoms with van der Waals surface area (Å²) in [7, 11) is 0.374. The summed E-state index contributed by atoms with van der Waals surface area (Å²) in [5.41, 5.74) is 2.08. The average molecular weight is 339 g/mol. The number of carbonyl (C=O) groups is 1. The van der Waals surface area contributed by atoms with E-state index in [9.17, 15) is 4.79 Å². The molecule has 23 heavy (non-hydrogen) atoms. The third-order valence-corrected chi connectivity index (χ3v) is 4.17. The maximum atomic E-state index is 11.6. The molecule has 0 spiro atoms. The van der Waals surface area contributed by atoms with Crippen molar-refractivity contribution < 1.29 is 18.7 Å². The van der Waals surface area contributed by atoms with E-state index >= 15 is 0 Å². The number of esters is 1. The Morgan fingerprint density at radius 2 is 1.83 bits per heavy atom. The minimum absolute atomic E-state index is 0.0400. The van der Waals surface area contributed by atoms with Crippen molar-refractivity contribution in [1.29, 1.82) is 0 Å². The molecule has 0 fully saturated rings. The van der Waals surface area contributed by atoms with Gasteiger partial charge in [-0.05, 0) is 37.4 Å². The number of benzene rings is 1. The fourth-order valence-corrected chi connectivity index (χ4v) is 3.16. The molecule has 5 heteroatoms. The SMILES string of the molecule is CCOC(=O)CCc1ccc(C(C)(C)C)c(OC)c1O[SiH](C)C. The predicted octanol–water partition coefficient (Wildman–Crippen LogP) is 3.85. The Balaban J connectivity index is 3.21. The molecule has 0 unspecified atom stereocenters. The highest BCUT2D eigenvalue weighted by Gasteiger charge is 2.24. The van der Waals surface area contributed by atoms with E-state index in [2.05, 4.69) is 46.0 Å². The molecular weight excluding hydrogens is 308 g/mol. The van der Waals surface area contributed by atoms with E-state index in [1.165, 1.54) is 0 Å². The molecule has 0 N–H and O–H groups in total. The number of methoxy groups -OCH3 is 1. The molecule has 0 aliphatic rings. The first kappa shape index (κ1) is 19.6. The predicted molar refractivity (Wildman–Crippen MR) is 96.2 cm³/mol. The number of hydrogen-bond donors (Lipinski definition) is 0. The fourth-order valence-electron chi connectivity index (χ4n) is 2.43. The van der Waals surface area contributed by atoms with Crippen molar-refractivity contribution in [2.24, 2.45) is 0 Å². The first-order chi connectivity index (χ1) is 10.7. The Labute approximate surface area is 141 Å². The molecule has 1 aromatic rings. The second-order valence-electron chi connectivity index (χ2n) is 6.86. The van der Waals surface area contributed by atoms with Gasteiger partial charge in [0.1, 0.15) is 5.75 Å². The first-order valence-electron chi connectivity index (χ1n) is 8.23. The molecule has 0 amide bonds. The molecule has 4 nitrogen and oxygen atoms in total. The van der Waals surface area contributed by atoms with Gasteiger partial charge in [0.15, 0.2) is 5.75 Å². The molecule has 1 aromatic carbocycles. The van der Waals surface area contributed by atoms with Crippen molar-refractivity contribution in [2.75, 3.05) is 13.7 Å². The largest absolute Gasteiger partial charge is 0.544 e. The van der Waals surface area contributed by atoms with Crippen LogP contribution in [0.2, 0.25) is 13.1 Å². The Kier molecular flexibility index (Phi) is 7.13. The molecule has 0 radical (unpaired) electrons. The summed E-state index contributed by atoms with van der Waals surface area (Å²) >= 11 is 0. The van der Waals surface area contributed by atoms with Gasteiger partial charge in [-0.25, -0.2) is 0 Å². The summed E-state index contributed by atoms with van der Waals surface area (Å²) in [6.07, 6.45) is 0.942. The third-order valence-electron chi connectivity index (χ3n) is 3.46. The lowest BCUT2D eigenvalue weighted by Gasteiger charge is -2.26. The zero-order valence-corrected chi connectivity index (χ0v) is 16.6. The second kappa shape index (κ2) is 8.38. The van der Waals surface area contributed by atoms with Crippen LogP contribution in [0.1, 0.15) is 45.2 Å². The van der Waals surface area contributed by atoms with Crippen LogP contribution in [0.15, 0.2) is 12.1 Å². The van der Waals surface area contributed by atoms with Crippen LogP contribution in [-0.2, 0) is 21.4 Å². The molecule has 0 atom stereocenters. The number of ether oxygens (including phenoxy) is 2. The van der Waals surface area contributed by atoms with Crippen molar-refractivity contribution in [2.45, 2.75) is 59.0 Å². The fraction of sp³-hybridized carbons (Fsp3) is 0.611. The second-order valence-corrected chi connectivity index (χ2v) is 9.19. The van der Waals surface area contributed by atoms with Crippen LogP contribution in [0.25, 0.3) is 0 Å². The normalized spacial score (nSPS) is 11.5. The summed E-state index contributed by atoms with van der Waals surface area (Å²) in [6.45, 7) is 12.9. The molecule has 0 aliphatic heterocycles. The lowest BCUT2D eigenvalue weighted by molar-refractivity contribution is -0.143. The van der Waals surface area contributed by atoms with Crippen molar-refractivity contribution in [3.8, 4) is 11.5 Å². The molecule has 0 aromatic heterocycles. The van der Waals surface area contributed by atoms with Crippen molar-refractivity contribution in [3.05, 3.63) is 23.3 Å². The molecule has 0 saturated carbocycles. The summed E-state index contributed by atoms with van der Waals surface area (Å²) in [4.78, 5) is 11.6. The number of hydrogen-bond acceptors (Lipinski definition) is 4. The summed E-state index contributed by atoms with van der Waals surface area (Å²) in [6, 6.07) is 4.13. The van der Waals surface area contributed by atoms with Crippen LogP contribution in [0.3, 0.4) is 0 Å². The molecular formula is C18H30O4Si. The van der Waals surface area contributed by atoms with Crippen molar-refractivity contribution >= 4 is 15.0 Å². The van der Waals surface area contributed by atoms with Crippen LogP contribution >= 0.6 is 0 Å². The van der Waals surface area contributed by atoms with Gasteiger partial charge in [0.2, 0.25) is 9.04 Å². The van der Waals surface area contributed by atoms with Gasteiger partial charge in [0.25, 0.3) is 0 Å². The highest BCUT2D eigenvalue weighted by Crippen LogP contribution is 2.41. The summed E-state index contributed by atoms with van der Waals surface area (Å²) in [5.74, 6) is 1.41. The van der Waals surface area contributed by atoms with E-state index in [1.54, 1.807) is 7.11 Å². The van der Waals surface area contributed by atoms with Crippen LogP contribution in [-0.4, -0.2) is 28.7 Å². The molecule has 0 heterocycles.